The van der Waals surface area contributed by atoms with Crippen LogP contribution in [0.4, 0.5) is 17.1 Å². The fraction of sp³-hybridized carbons (Fsp3) is 0.205. The zero-order valence-electron chi connectivity index (χ0n) is 52.0. The first-order chi connectivity index (χ1) is 43.5. The zero-order chi connectivity index (χ0) is 61.2. The number of nitrogens with one attached hydrogen (secondary N) is 2. The van der Waals surface area contributed by atoms with Gasteiger partial charge in [-0.1, -0.05) is 100 Å². The molecule has 0 amide bonds. The van der Waals surface area contributed by atoms with Crippen molar-refractivity contribution < 1.29 is 18.9 Å². The van der Waals surface area contributed by atoms with Gasteiger partial charge in [0.05, 0.1) is 29.4 Å². The molecule has 0 unspecified atom stereocenters. The minimum Gasteiger partial charge on any atom is -0.494 e. The number of benzene rings is 7. The molecule has 0 spiro atoms. The van der Waals surface area contributed by atoms with Gasteiger partial charge in [0, 0.05) is 104 Å². The van der Waals surface area contributed by atoms with Crippen LogP contribution in [0.5, 0.6) is 40.2 Å². The second-order valence-electron chi connectivity index (χ2n) is 23.4. The summed E-state index contributed by atoms with van der Waals surface area (Å²) in [6.07, 6.45) is 18.5. The van der Waals surface area contributed by atoms with Crippen molar-refractivity contribution in [2.24, 2.45) is 0 Å². The van der Waals surface area contributed by atoms with E-state index in [1.807, 2.05) is 115 Å². The van der Waals surface area contributed by atoms with Crippen LogP contribution >= 0.6 is 0 Å². The van der Waals surface area contributed by atoms with Crippen LogP contribution in [0.25, 0.3) is 90.9 Å². The highest BCUT2D eigenvalue weighted by Crippen LogP contribution is 2.41. The Labute approximate surface area is 523 Å². The van der Waals surface area contributed by atoms with E-state index in [4.69, 9.17) is 28.9 Å². The van der Waals surface area contributed by atoms with E-state index in [2.05, 4.69) is 177 Å². The van der Waals surface area contributed by atoms with E-state index in [9.17, 15) is 0 Å². The van der Waals surface area contributed by atoms with E-state index in [1.165, 1.54) is 44.9 Å². The number of aromatic nitrogens is 4. The van der Waals surface area contributed by atoms with Crippen molar-refractivity contribution in [3.8, 4) is 84.8 Å². The number of hydrogen-bond donors (Lipinski definition) is 2. The summed E-state index contributed by atoms with van der Waals surface area (Å²) < 4.78 is 25.6. The molecule has 3 aromatic heterocycles. The Morgan fingerprint density at radius 3 is 0.809 bits per heavy atom. The van der Waals surface area contributed by atoms with Crippen LogP contribution in [0.3, 0.4) is 0 Å². The molecule has 2 aliphatic rings. The van der Waals surface area contributed by atoms with Crippen LogP contribution in [0.2, 0.25) is 0 Å². The molecule has 0 fully saturated rings. The highest BCUT2D eigenvalue weighted by molar-refractivity contribution is 6.00. The summed E-state index contributed by atoms with van der Waals surface area (Å²) in [5.74, 6) is 5.31. The van der Waals surface area contributed by atoms with E-state index in [-0.39, 0.29) is 0 Å². The second-order valence-corrected chi connectivity index (χ2v) is 23.4. The Morgan fingerprint density at radius 2 is 0.539 bits per heavy atom. The van der Waals surface area contributed by atoms with Gasteiger partial charge in [0.2, 0.25) is 0 Å². The minimum atomic E-state index is 0.690. The normalized spacial score (nSPS) is 11.6. The first-order valence-corrected chi connectivity index (χ1v) is 31.1. The quantitative estimate of drug-likeness (QED) is 0.0606. The maximum Gasteiger partial charge on any atom is 0.127 e. The molecule has 89 heavy (non-hydrogen) atoms. The van der Waals surface area contributed by atoms with Gasteiger partial charge in [-0.05, 0) is 199 Å². The fourth-order valence-corrected chi connectivity index (χ4v) is 11.5. The molecule has 2 aliphatic heterocycles. The third-order valence-electron chi connectivity index (χ3n) is 16.4. The molecule has 8 bridgehead atoms. The van der Waals surface area contributed by atoms with Crippen molar-refractivity contribution in [3.05, 3.63) is 217 Å². The van der Waals surface area contributed by atoms with Crippen LogP contribution in [-0.2, 0) is 0 Å². The molecule has 12 rings (SSSR count). The maximum atomic E-state index is 6.42. The SMILES string of the molecule is CCCCCCCCCCOc1ccc(-c2c3nc(c(-c4ccc(Oc5ccc(N(C)C)cc5)cc4)c4ccc([nH]4)c(-c4ccc(Oc5ccc(N(C)C)cc5)cc4)c4nc(c(-c5ccc(Oc6ccc(N(C)C)cc6)cc5)c5ccc2[nH]5)C=C4)C=C3)cc1. The van der Waals surface area contributed by atoms with Crippen LogP contribution in [0.15, 0.2) is 194 Å². The van der Waals surface area contributed by atoms with Crippen molar-refractivity contribution in [1.82, 2.24) is 19.9 Å². The van der Waals surface area contributed by atoms with Crippen LogP contribution in [0.1, 0.15) is 81.1 Å². The first kappa shape index (κ1) is 59.1. The number of H-pyrrole nitrogens is 2. The molecule has 11 nitrogen and oxygen atoms in total. The molecule has 11 heteroatoms. The summed E-state index contributed by atoms with van der Waals surface area (Å²) in [5.41, 5.74) is 17.7. The van der Waals surface area contributed by atoms with Gasteiger partial charge in [-0.3, -0.25) is 0 Å². The lowest BCUT2D eigenvalue weighted by Crippen LogP contribution is -2.07. The highest BCUT2D eigenvalue weighted by Gasteiger charge is 2.20. The Morgan fingerprint density at radius 1 is 0.292 bits per heavy atom. The molecule has 0 saturated carbocycles. The number of nitrogens with zero attached hydrogens (tertiary/aromatic N) is 5. The predicted molar refractivity (Wildman–Crippen MR) is 371 cm³/mol. The molecule has 0 atom stereocenters. The summed E-state index contributed by atoms with van der Waals surface area (Å²) in [7, 11) is 12.2. The highest BCUT2D eigenvalue weighted by atomic mass is 16.5. The Hall–Kier alpha value is -10.3. The van der Waals surface area contributed by atoms with Crippen molar-refractivity contribution in [1.29, 1.82) is 0 Å². The maximum absolute atomic E-state index is 6.42. The molecule has 7 aromatic carbocycles. The molecule has 0 aliphatic carbocycles. The lowest BCUT2D eigenvalue weighted by molar-refractivity contribution is 0.304. The summed E-state index contributed by atoms with van der Waals surface area (Å²) >= 11 is 0. The number of rotatable bonds is 23. The van der Waals surface area contributed by atoms with E-state index >= 15 is 0 Å². The van der Waals surface area contributed by atoms with Gasteiger partial charge >= 0.3 is 0 Å². The lowest BCUT2D eigenvalue weighted by Gasteiger charge is -2.13. The molecular formula is C78H77N7O4. The monoisotopic (exact) mass is 1180 g/mol. The summed E-state index contributed by atoms with van der Waals surface area (Å²) in [6, 6.07) is 66.2. The third-order valence-corrected chi connectivity index (χ3v) is 16.4. The molecule has 2 N–H and O–H groups in total. The van der Waals surface area contributed by atoms with Crippen molar-refractivity contribution in [3.63, 3.8) is 0 Å². The standard InChI is InChI=1S/C78H77N7O4/c1-8-9-10-11-12-13-14-15-52-86-60-30-16-53(17-31-60)75-67-44-46-69(79-67)76(54-18-32-61(33-19-54)87-64-38-24-57(25-39-64)83(2)3)71-48-50-73(81-71)78(56-22-36-63(37-23-56)89-66-42-28-59(29-43-66)85(6)7)74-51-49-72(82-74)77(70-47-45-68(75)80-70)55-20-34-62(35-21-55)88-65-40-26-58(27-41-65)84(4)5/h16-51,79,82H,8-15,52H2,1-7H3. The smallest absolute Gasteiger partial charge is 0.127 e. The number of unbranched alkanes of at least 4 members (excludes halogenated alkanes) is 7. The van der Waals surface area contributed by atoms with Gasteiger partial charge in [0.1, 0.15) is 40.2 Å². The molecule has 10 aromatic rings. The number of aromatic amines is 2. The topological polar surface area (TPSA) is 104 Å². The molecule has 5 heterocycles. The first-order valence-electron chi connectivity index (χ1n) is 31.1. The molecule has 448 valence electrons. The van der Waals surface area contributed by atoms with E-state index < -0.39 is 0 Å². The Kier molecular flexibility index (Phi) is 18.1. The molecular weight excluding hydrogens is 1100 g/mol. The summed E-state index contributed by atoms with van der Waals surface area (Å²) in [4.78, 5) is 25.3. The van der Waals surface area contributed by atoms with Crippen molar-refractivity contribution in [2.45, 2.75) is 58.3 Å². The van der Waals surface area contributed by atoms with Crippen LogP contribution in [-0.4, -0.2) is 68.8 Å². The Bertz CT molecular complexity index is 4180. The molecule has 0 radical (unpaired) electrons. The van der Waals surface area contributed by atoms with Crippen LogP contribution in [0, 0.1) is 0 Å². The van der Waals surface area contributed by atoms with Gasteiger partial charge in [-0.2, -0.15) is 0 Å². The predicted octanol–water partition coefficient (Wildman–Crippen LogP) is 20.4. The largest absolute Gasteiger partial charge is 0.494 e. The lowest BCUT2D eigenvalue weighted by atomic mass is 10.0. The van der Waals surface area contributed by atoms with Gasteiger partial charge in [-0.15, -0.1) is 0 Å². The van der Waals surface area contributed by atoms with Gasteiger partial charge in [-0.25, -0.2) is 9.97 Å². The Balaban J connectivity index is 1.01. The number of anilines is 3. The number of hydrogen-bond acceptors (Lipinski definition) is 9. The van der Waals surface area contributed by atoms with Crippen molar-refractivity contribution in [2.75, 3.05) is 63.6 Å². The molecule has 0 saturated heterocycles. The third kappa shape index (κ3) is 14.0. The van der Waals surface area contributed by atoms with Crippen LogP contribution < -0.4 is 33.6 Å². The van der Waals surface area contributed by atoms with Gasteiger partial charge < -0.3 is 43.6 Å². The van der Waals surface area contributed by atoms with E-state index in [1.54, 1.807) is 0 Å². The minimum absolute atomic E-state index is 0.690. The van der Waals surface area contributed by atoms with Crippen molar-refractivity contribution >= 4 is 63.4 Å². The fourth-order valence-electron chi connectivity index (χ4n) is 11.5. The number of ether oxygens (including phenoxy) is 4. The van der Waals surface area contributed by atoms with E-state index in [0.29, 0.717) is 6.61 Å². The average molecular weight is 1180 g/mol. The zero-order valence-corrected chi connectivity index (χ0v) is 52.0. The second kappa shape index (κ2) is 27.2. The van der Waals surface area contributed by atoms with Gasteiger partial charge in [0.25, 0.3) is 0 Å². The number of fused-ring (bicyclic) bond motifs is 8. The summed E-state index contributed by atoms with van der Waals surface area (Å²) in [6.45, 7) is 2.96. The summed E-state index contributed by atoms with van der Waals surface area (Å²) in [5, 5.41) is 0. The van der Waals surface area contributed by atoms with E-state index in [0.717, 1.165) is 153 Å². The average Bonchev–Trinajstić information content (AvgIpc) is 2.03. The van der Waals surface area contributed by atoms with Gasteiger partial charge in [0.15, 0.2) is 0 Å².